The van der Waals surface area contributed by atoms with Crippen LogP contribution in [-0.4, -0.2) is 16.5 Å². The minimum absolute atomic E-state index is 0.0899. The van der Waals surface area contributed by atoms with Gasteiger partial charge in [0.15, 0.2) is 5.78 Å². The van der Waals surface area contributed by atoms with Crippen LogP contribution >= 0.6 is 11.6 Å². The van der Waals surface area contributed by atoms with Gasteiger partial charge in [0, 0.05) is 11.4 Å². The predicted octanol–water partition coefficient (Wildman–Crippen LogP) is 3.46. The summed E-state index contributed by atoms with van der Waals surface area (Å²) in [6.07, 6.45) is 4.40. The molecule has 0 aromatic heterocycles. The predicted molar refractivity (Wildman–Crippen MR) is 72.9 cm³/mol. The first-order valence-corrected chi connectivity index (χ1v) is 6.90. The zero-order valence-electron chi connectivity index (χ0n) is 10.7. The summed E-state index contributed by atoms with van der Waals surface area (Å²) in [4.78, 5) is 12.2. The van der Waals surface area contributed by atoms with E-state index in [9.17, 15) is 9.90 Å². The number of aryl methyl sites for hydroxylation is 1. The maximum Gasteiger partial charge on any atom is 0.168 e. The van der Waals surface area contributed by atoms with Crippen molar-refractivity contribution < 1.29 is 9.90 Å². The summed E-state index contributed by atoms with van der Waals surface area (Å²) >= 11 is 6.12. The first-order chi connectivity index (χ1) is 8.51. The number of carbonyl (C=O) groups is 1. The highest BCUT2D eigenvalue weighted by molar-refractivity contribution is 6.31. The largest absolute Gasteiger partial charge is 0.382 e. The van der Waals surface area contributed by atoms with Crippen LogP contribution in [0.4, 0.5) is 0 Å². The Morgan fingerprint density at radius 3 is 2.61 bits per heavy atom. The Bertz CT molecular complexity index is 448. The molecule has 0 unspecified atom stereocenters. The molecule has 1 aromatic carbocycles. The number of carbonyl (C=O) groups excluding carboxylic acids is 1. The number of Topliss-reactive ketones (excluding diaryl/α,β-unsaturated/α-hetero) is 1. The van der Waals surface area contributed by atoms with Gasteiger partial charge in [0.1, 0.15) is 5.60 Å². The van der Waals surface area contributed by atoms with E-state index in [1.54, 1.807) is 0 Å². The topological polar surface area (TPSA) is 37.3 Å². The number of aliphatic hydroxyl groups is 1. The Labute approximate surface area is 113 Å². The molecule has 1 fully saturated rings. The van der Waals surface area contributed by atoms with Crippen molar-refractivity contribution in [3.05, 3.63) is 34.3 Å². The molecular formula is C15H19ClO2. The van der Waals surface area contributed by atoms with E-state index in [0.29, 0.717) is 17.9 Å². The highest BCUT2D eigenvalue weighted by atomic mass is 35.5. The van der Waals surface area contributed by atoms with Crippen molar-refractivity contribution in [3.8, 4) is 0 Å². The van der Waals surface area contributed by atoms with Crippen molar-refractivity contribution in [2.45, 2.75) is 51.0 Å². The second-order valence-electron chi connectivity index (χ2n) is 5.29. The lowest BCUT2D eigenvalue weighted by atomic mass is 9.80. The average Bonchev–Trinajstić information content (AvgIpc) is 2.33. The maximum absolute atomic E-state index is 12.2. The highest BCUT2D eigenvalue weighted by Crippen LogP contribution is 2.30. The van der Waals surface area contributed by atoms with Crippen molar-refractivity contribution in [3.63, 3.8) is 0 Å². The third-order valence-corrected chi connectivity index (χ3v) is 4.11. The number of halogens is 1. The summed E-state index contributed by atoms with van der Waals surface area (Å²) in [6, 6.07) is 5.68. The van der Waals surface area contributed by atoms with Crippen LogP contribution in [0.25, 0.3) is 0 Å². The van der Waals surface area contributed by atoms with Crippen molar-refractivity contribution in [2.24, 2.45) is 0 Å². The molecule has 0 radical (unpaired) electrons. The Kier molecular flexibility index (Phi) is 4.08. The van der Waals surface area contributed by atoms with Crippen LogP contribution in [0.15, 0.2) is 18.2 Å². The molecule has 0 aliphatic heterocycles. The van der Waals surface area contributed by atoms with Crippen LogP contribution < -0.4 is 0 Å². The van der Waals surface area contributed by atoms with E-state index in [-0.39, 0.29) is 12.2 Å². The molecule has 2 nitrogen and oxygen atoms in total. The minimum atomic E-state index is -1.12. The minimum Gasteiger partial charge on any atom is -0.382 e. The zero-order chi connectivity index (χ0) is 13.2. The molecule has 18 heavy (non-hydrogen) atoms. The SMILES string of the molecule is Cc1ccc(CC(=O)C2(O)CCCCC2)c(Cl)c1. The standard InChI is InChI=1S/C15H19ClO2/c1-11-5-6-12(13(16)9-11)10-14(17)15(18)7-3-2-4-8-15/h5-6,9,18H,2-4,7-8,10H2,1H3. The highest BCUT2D eigenvalue weighted by Gasteiger charge is 2.36. The van der Waals surface area contributed by atoms with Gasteiger partial charge < -0.3 is 5.11 Å². The van der Waals surface area contributed by atoms with Gasteiger partial charge in [-0.15, -0.1) is 0 Å². The Hall–Kier alpha value is -0.860. The summed E-state index contributed by atoms with van der Waals surface area (Å²) < 4.78 is 0. The first-order valence-electron chi connectivity index (χ1n) is 6.52. The van der Waals surface area contributed by atoms with Crippen LogP contribution in [-0.2, 0) is 11.2 Å². The van der Waals surface area contributed by atoms with E-state index in [4.69, 9.17) is 11.6 Å². The third kappa shape index (κ3) is 2.93. The molecule has 0 bridgehead atoms. The van der Waals surface area contributed by atoms with Crippen LogP contribution in [0.3, 0.4) is 0 Å². The smallest absolute Gasteiger partial charge is 0.168 e. The summed E-state index contributed by atoms with van der Waals surface area (Å²) in [5.74, 6) is -0.0899. The van der Waals surface area contributed by atoms with Crippen molar-refractivity contribution in [1.82, 2.24) is 0 Å². The Morgan fingerprint density at radius 2 is 2.00 bits per heavy atom. The summed E-state index contributed by atoms with van der Waals surface area (Å²) in [5, 5.41) is 11.0. The lowest BCUT2D eigenvalue weighted by molar-refractivity contribution is -0.139. The van der Waals surface area contributed by atoms with Crippen LogP contribution in [0.1, 0.15) is 43.2 Å². The van der Waals surface area contributed by atoms with Gasteiger partial charge in [-0.25, -0.2) is 0 Å². The molecule has 1 saturated carbocycles. The molecule has 1 aliphatic carbocycles. The van der Waals surface area contributed by atoms with Crippen molar-refractivity contribution >= 4 is 17.4 Å². The van der Waals surface area contributed by atoms with E-state index in [2.05, 4.69) is 0 Å². The number of benzene rings is 1. The van der Waals surface area contributed by atoms with Gasteiger partial charge in [0.25, 0.3) is 0 Å². The van der Waals surface area contributed by atoms with Gasteiger partial charge in [-0.05, 0) is 37.0 Å². The lowest BCUT2D eigenvalue weighted by Crippen LogP contribution is -2.41. The molecule has 1 N–H and O–H groups in total. The summed E-state index contributed by atoms with van der Waals surface area (Å²) in [5.41, 5.74) is 0.769. The second-order valence-corrected chi connectivity index (χ2v) is 5.69. The van der Waals surface area contributed by atoms with Gasteiger partial charge in [-0.3, -0.25) is 4.79 Å². The van der Waals surface area contributed by atoms with Gasteiger partial charge in [-0.2, -0.15) is 0 Å². The molecule has 0 atom stereocenters. The fraction of sp³-hybridized carbons (Fsp3) is 0.533. The monoisotopic (exact) mass is 266 g/mol. The molecule has 98 valence electrons. The average molecular weight is 267 g/mol. The first kappa shape index (κ1) is 13.6. The van der Waals surface area contributed by atoms with E-state index >= 15 is 0 Å². The van der Waals surface area contributed by atoms with Crippen molar-refractivity contribution in [2.75, 3.05) is 0 Å². The molecular weight excluding hydrogens is 248 g/mol. The number of ketones is 1. The van der Waals surface area contributed by atoms with Gasteiger partial charge in [0.2, 0.25) is 0 Å². The summed E-state index contributed by atoms with van der Waals surface area (Å²) in [7, 11) is 0. The van der Waals surface area contributed by atoms with Crippen LogP contribution in [0.5, 0.6) is 0 Å². The zero-order valence-corrected chi connectivity index (χ0v) is 11.5. The molecule has 2 rings (SSSR count). The number of hydrogen-bond acceptors (Lipinski definition) is 2. The lowest BCUT2D eigenvalue weighted by Gasteiger charge is -2.30. The van der Waals surface area contributed by atoms with E-state index < -0.39 is 5.60 Å². The molecule has 0 heterocycles. The van der Waals surface area contributed by atoms with Gasteiger partial charge >= 0.3 is 0 Å². The van der Waals surface area contributed by atoms with Crippen molar-refractivity contribution in [1.29, 1.82) is 0 Å². The second kappa shape index (κ2) is 5.41. The van der Waals surface area contributed by atoms with Crippen LogP contribution in [0.2, 0.25) is 5.02 Å². The molecule has 0 amide bonds. The molecule has 1 aromatic rings. The quantitative estimate of drug-likeness (QED) is 0.910. The third-order valence-electron chi connectivity index (χ3n) is 3.76. The van der Waals surface area contributed by atoms with E-state index in [1.165, 1.54) is 0 Å². The van der Waals surface area contributed by atoms with Gasteiger partial charge in [-0.1, -0.05) is 43.0 Å². The Balaban J connectivity index is 2.11. The fourth-order valence-corrected chi connectivity index (χ4v) is 2.85. The van der Waals surface area contributed by atoms with Crippen LogP contribution in [0, 0.1) is 6.92 Å². The molecule has 1 aliphatic rings. The Morgan fingerprint density at radius 1 is 1.33 bits per heavy atom. The summed E-state index contributed by atoms with van der Waals surface area (Å²) in [6.45, 7) is 1.96. The molecule has 0 saturated heterocycles. The fourth-order valence-electron chi connectivity index (χ4n) is 2.55. The van der Waals surface area contributed by atoms with E-state index in [0.717, 1.165) is 30.4 Å². The molecule has 0 spiro atoms. The normalized spacial score (nSPS) is 18.6. The maximum atomic E-state index is 12.2. The number of hydrogen-bond donors (Lipinski definition) is 1. The van der Waals surface area contributed by atoms with E-state index in [1.807, 2.05) is 25.1 Å². The van der Waals surface area contributed by atoms with Gasteiger partial charge in [0.05, 0.1) is 0 Å². The number of rotatable bonds is 3. The molecule has 3 heteroatoms.